The molecule has 0 fully saturated rings. The van der Waals surface area contributed by atoms with Gasteiger partial charge in [0.1, 0.15) is 6.61 Å². The quantitative estimate of drug-likeness (QED) is 0.313. The number of carbonyl (C=O) groups excluding carboxylic acids is 4. The first kappa shape index (κ1) is 36.4. The molecule has 10 heteroatoms. The largest absolute Gasteiger partial charge is 0.461 e. The smallest absolute Gasteiger partial charge is 0.312 e. The molecule has 0 aliphatic heterocycles. The zero-order chi connectivity index (χ0) is 27.8. The van der Waals surface area contributed by atoms with Crippen molar-refractivity contribution >= 4 is 29.5 Å². The van der Waals surface area contributed by atoms with Crippen LogP contribution in [-0.4, -0.2) is 50.0 Å². The Bertz CT molecular complexity index is 709. The minimum Gasteiger partial charge on any atom is -0.461 e. The molecule has 35 heavy (non-hydrogen) atoms. The monoisotopic (exact) mass is 497 g/mol. The number of rotatable bonds is 10. The molecule has 10 nitrogen and oxygen atoms in total. The van der Waals surface area contributed by atoms with E-state index in [1.807, 2.05) is 48.5 Å². The number of esters is 1. The van der Waals surface area contributed by atoms with Crippen molar-refractivity contribution in [2.75, 3.05) is 25.5 Å². The van der Waals surface area contributed by atoms with Gasteiger partial charge in [-0.1, -0.05) is 60.6 Å². The molecule has 1 rings (SSSR count). The highest BCUT2D eigenvalue weighted by Gasteiger charge is 2.20. The Morgan fingerprint density at radius 2 is 1.51 bits per heavy atom. The molecular formula is C25H47N5O5. The number of amides is 4. The molecule has 0 saturated carbocycles. The molecule has 1 atom stereocenters. The van der Waals surface area contributed by atoms with Crippen LogP contribution in [0.15, 0.2) is 24.3 Å². The highest BCUT2D eigenvalue weighted by atomic mass is 16.5. The maximum Gasteiger partial charge on any atom is 0.312 e. The fourth-order valence-electron chi connectivity index (χ4n) is 2.37. The van der Waals surface area contributed by atoms with Crippen molar-refractivity contribution in [3.05, 3.63) is 29.8 Å². The second-order valence-corrected chi connectivity index (χ2v) is 7.04. The van der Waals surface area contributed by atoms with Crippen LogP contribution >= 0.6 is 0 Å². The van der Waals surface area contributed by atoms with Gasteiger partial charge < -0.3 is 31.7 Å². The number of anilines is 1. The number of hydrogen-bond donors (Lipinski definition) is 5. The molecule has 0 aliphatic rings. The number of nitrogens with two attached hydrogens (primary N) is 1. The van der Waals surface area contributed by atoms with E-state index in [0.717, 1.165) is 12.0 Å². The van der Waals surface area contributed by atoms with E-state index in [1.54, 1.807) is 31.3 Å². The minimum atomic E-state index is -0.443. The molecule has 0 spiro atoms. The first-order valence-corrected chi connectivity index (χ1v) is 12.1. The van der Waals surface area contributed by atoms with Crippen LogP contribution in [0.4, 0.5) is 10.5 Å². The third kappa shape index (κ3) is 21.2. The van der Waals surface area contributed by atoms with Gasteiger partial charge in [0.2, 0.25) is 11.8 Å². The van der Waals surface area contributed by atoms with Crippen LogP contribution < -0.4 is 27.0 Å². The molecule has 1 unspecified atom stereocenters. The van der Waals surface area contributed by atoms with Crippen molar-refractivity contribution in [3.8, 4) is 0 Å². The van der Waals surface area contributed by atoms with Gasteiger partial charge in [-0.3, -0.25) is 14.4 Å². The van der Waals surface area contributed by atoms with Crippen molar-refractivity contribution < 1.29 is 23.9 Å². The van der Waals surface area contributed by atoms with E-state index < -0.39 is 6.03 Å². The molecule has 0 radical (unpaired) electrons. The van der Waals surface area contributed by atoms with Gasteiger partial charge in [-0.2, -0.15) is 0 Å². The lowest BCUT2D eigenvalue weighted by Gasteiger charge is -2.19. The van der Waals surface area contributed by atoms with Crippen LogP contribution in [0.5, 0.6) is 0 Å². The van der Waals surface area contributed by atoms with Gasteiger partial charge in [0, 0.05) is 19.2 Å². The van der Waals surface area contributed by atoms with Crippen molar-refractivity contribution in [1.29, 1.82) is 0 Å². The van der Waals surface area contributed by atoms with Crippen LogP contribution in [0.2, 0.25) is 0 Å². The fraction of sp³-hybridized carbons (Fsp3) is 0.600. The molecule has 0 heterocycles. The molecule has 0 bridgehead atoms. The summed E-state index contributed by atoms with van der Waals surface area (Å²) in [6.07, 6.45) is 0.933. The molecule has 0 aromatic heterocycles. The summed E-state index contributed by atoms with van der Waals surface area (Å²) in [6.45, 7) is 15.9. The summed E-state index contributed by atoms with van der Waals surface area (Å²) in [5.41, 5.74) is 6.16. The van der Waals surface area contributed by atoms with Crippen molar-refractivity contribution in [3.63, 3.8) is 0 Å². The highest BCUT2D eigenvalue weighted by molar-refractivity contribution is 5.95. The van der Waals surface area contributed by atoms with Gasteiger partial charge in [0.25, 0.3) is 0 Å². The van der Waals surface area contributed by atoms with Crippen LogP contribution in [0.25, 0.3) is 0 Å². The second kappa shape index (κ2) is 24.0. The standard InChI is InChI=1S/C17H25N3O4.C4H10N2O.2C2H6/c1-11(2)16(18-4)17(23)19-9-15(22)20-14-7-5-13(6-8-14)10-24-12(3)21;1-2-3-6-4(5)7;2*1-2/h5-8,11,16,18H,9-10H2,1-4H3,(H,19,23)(H,20,22);2-3H2,1H3,(H3,5,6,7);2*1-2H3. The van der Waals surface area contributed by atoms with E-state index in [1.165, 1.54) is 6.92 Å². The number of primary amides is 1. The summed E-state index contributed by atoms with van der Waals surface area (Å²) < 4.78 is 4.89. The third-order valence-corrected chi connectivity index (χ3v) is 3.91. The normalized spacial score (nSPS) is 10.0. The Morgan fingerprint density at radius 3 is 1.89 bits per heavy atom. The molecule has 0 aliphatic carbocycles. The Morgan fingerprint density at radius 1 is 0.971 bits per heavy atom. The topological polar surface area (TPSA) is 152 Å². The number of ether oxygens (including phenoxy) is 1. The van der Waals surface area contributed by atoms with E-state index in [-0.39, 0.29) is 42.9 Å². The maximum atomic E-state index is 11.9. The average molecular weight is 498 g/mol. The van der Waals surface area contributed by atoms with E-state index in [4.69, 9.17) is 10.5 Å². The first-order chi connectivity index (χ1) is 16.6. The second-order valence-electron chi connectivity index (χ2n) is 7.04. The fourth-order valence-corrected chi connectivity index (χ4v) is 2.37. The predicted molar refractivity (Wildman–Crippen MR) is 142 cm³/mol. The van der Waals surface area contributed by atoms with Crippen molar-refractivity contribution in [2.24, 2.45) is 11.7 Å². The van der Waals surface area contributed by atoms with Crippen LogP contribution in [0, 0.1) is 5.92 Å². The highest BCUT2D eigenvalue weighted by Crippen LogP contribution is 2.10. The summed E-state index contributed by atoms with van der Waals surface area (Å²) in [5, 5.41) is 10.7. The summed E-state index contributed by atoms with van der Waals surface area (Å²) in [5.74, 6) is -0.735. The van der Waals surface area contributed by atoms with Crippen molar-refractivity contribution in [1.82, 2.24) is 16.0 Å². The minimum absolute atomic E-state index is 0.0983. The van der Waals surface area contributed by atoms with E-state index in [9.17, 15) is 19.2 Å². The number of benzene rings is 1. The van der Waals surface area contributed by atoms with Gasteiger partial charge >= 0.3 is 12.0 Å². The summed E-state index contributed by atoms with van der Waals surface area (Å²) in [4.78, 5) is 44.5. The lowest BCUT2D eigenvalue weighted by atomic mass is 10.0. The van der Waals surface area contributed by atoms with Gasteiger partial charge in [-0.05, 0) is 37.1 Å². The number of urea groups is 1. The maximum absolute atomic E-state index is 11.9. The average Bonchev–Trinajstić information content (AvgIpc) is 2.84. The SMILES string of the molecule is CC.CC.CCCNC(N)=O.CNC(C(=O)NCC(=O)Nc1ccc(COC(C)=O)cc1)C(C)C. The van der Waals surface area contributed by atoms with Crippen LogP contribution in [-0.2, 0) is 25.7 Å². The van der Waals surface area contributed by atoms with E-state index >= 15 is 0 Å². The zero-order valence-electron chi connectivity index (χ0n) is 22.9. The Hall–Kier alpha value is -3.14. The summed E-state index contributed by atoms with van der Waals surface area (Å²) in [7, 11) is 1.71. The Kier molecular flexibility index (Phi) is 25.0. The zero-order valence-corrected chi connectivity index (χ0v) is 22.9. The van der Waals surface area contributed by atoms with Crippen molar-refractivity contribution in [2.45, 2.75) is 74.5 Å². The first-order valence-electron chi connectivity index (χ1n) is 12.1. The number of likely N-dealkylation sites (N-methyl/N-ethyl adjacent to an activating group) is 1. The Labute approximate surface area is 211 Å². The van der Waals surface area contributed by atoms with E-state index in [2.05, 4.69) is 21.3 Å². The molecule has 4 amide bonds. The third-order valence-electron chi connectivity index (χ3n) is 3.91. The molecule has 1 aromatic rings. The number of hydrogen-bond acceptors (Lipinski definition) is 6. The predicted octanol–water partition coefficient (Wildman–Crippen LogP) is 3.17. The lowest BCUT2D eigenvalue weighted by molar-refractivity contribution is -0.142. The number of nitrogens with one attached hydrogen (secondary N) is 4. The molecule has 0 saturated heterocycles. The van der Waals surface area contributed by atoms with Gasteiger partial charge in [-0.15, -0.1) is 0 Å². The Balaban J connectivity index is -0.000000786. The van der Waals surface area contributed by atoms with Gasteiger partial charge in [0.15, 0.2) is 0 Å². The molecular weight excluding hydrogens is 450 g/mol. The van der Waals surface area contributed by atoms with E-state index in [0.29, 0.717) is 12.2 Å². The van der Waals surface area contributed by atoms with Gasteiger partial charge in [-0.25, -0.2) is 4.79 Å². The van der Waals surface area contributed by atoms with Crippen LogP contribution in [0.1, 0.15) is 67.4 Å². The molecule has 6 N–H and O–H groups in total. The summed E-state index contributed by atoms with van der Waals surface area (Å²) in [6, 6.07) is 6.16. The molecule has 202 valence electrons. The number of carbonyl (C=O) groups is 4. The molecule has 1 aromatic carbocycles. The van der Waals surface area contributed by atoms with Crippen LogP contribution in [0.3, 0.4) is 0 Å². The lowest BCUT2D eigenvalue weighted by Crippen LogP contribution is -2.47. The summed E-state index contributed by atoms with van der Waals surface area (Å²) >= 11 is 0. The van der Waals surface area contributed by atoms with Gasteiger partial charge in [0.05, 0.1) is 12.6 Å².